The zero-order chi connectivity index (χ0) is 9.68. The van der Waals surface area contributed by atoms with Crippen molar-refractivity contribution < 1.29 is 9.18 Å². The first-order chi connectivity index (χ1) is 6.29. The van der Waals surface area contributed by atoms with Crippen molar-refractivity contribution in [3.63, 3.8) is 0 Å². The number of benzene rings is 1. The second kappa shape index (κ2) is 4.77. The molecule has 0 radical (unpaired) electrons. The van der Waals surface area contributed by atoms with E-state index < -0.39 is 5.82 Å². The highest BCUT2D eigenvalue weighted by Crippen LogP contribution is 2.12. The van der Waals surface area contributed by atoms with E-state index in [2.05, 4.69) is 0 Å². The van der Waals surface area contributed by atoms with Gasteiger partial charge >= 0.3 is 0 Å². The maximum Gasteiger partial charge on any atom is 0.153 e. The minimum Gasteiger partial charge on any atom is -0.298 e. The van der Waals surface area contributed by atoms with Crippen molar-refractivity contribution in [2.45, 2.75) is 0 Å². The van der Waals surface area contributed by atoms with E-state index in [1.807, 2.05) is 0 Å². The molecular weight excluding hydrogens is 191 g/mol. The van der Waals surface area contributed by atoms with Crippen molar-refractivity contribution in [2.75, 3.05) is 5.88 Å². The molecule has 3 heteroatoms. The van der Waals surface area contributed by atoms with Crippen LogP contribution in [0.15, 0.2) is 24.3 Å². The monoisotopic (exact) mass is 198 g/mol. The van der Waals surface area contributed by atoms with Crippen LogP contribution in [0, 0.1) is 5.82 Å². The van der Waals surface area contributed by atoms with E-state index in [1.165, 1.54) is 6.07 Å². The molecule has 0 spiro atoms. The highest BCUT2D eigenvalue weighted by atomic mass is 35.5. The van der Waals surface area contributed by atoms with Gasteiger partial charge in [0, 0.05) is 11.4 Å². The molecule has 0 aromatic heterocycles. The van der Waals surface area contributed by atoms with Gasteiger partial charge in [0.2, 0.25) is 0 Å². The zero-order valence-electron chi connectivity index (χ0n) is 6.84. The third-order valence-corrected chi connectivity index (χ3v) is 1.75. The third kappa shape index (κ3) is 2.39. The van der Waals surface area contributed by atoms with Crippen LogP contribution in [-0.2, 0) is 0 Å². The van der Waals surface area contributed by atoms with Gasteiger partial charge in [0.1, 0.15) is 5.82 Å². The predicted octanol–water partition coefficient (Wildman–Crippen LogP) is 2.89. The van der Waals surface area contributed by atoms with Gasteiger partial charge in [-0.1, -0.05) is 24.3 Å². The Labute approximate surface area is 80.8 Å². The Bertz CT molecular complexity index is 334. The molecule has 13 heavy (non-hydrogen) atoms. The minimum absolute atomic E-state index is 0.0664. The number of carbonyl (C=O) groups excluding carboxylic acids is 1. The normalized spacial score (nSPS) is 10.6. The van der Waals surface area contributed by atoms with Crippen LogP contribution < -0.4 is 0 Å². The second-order valence-electron chi connectivity index (χ2n) is 2.42. The number of halogens is 2. The highest BCUT2D eigenvalue weighted by molar-refractivity contribution is 6.19. The number of aldehydes is 1. The topological polar surface area (TPSA) is 17.1 Å². The molecule has 0 atom stereocenters. The van der Waals surface area contributed by atoms with Crippen LogP contribution in [0.25, 0.3) is 6.08 Å². The summed E-state index contributed by atoms with van der Waals surface area (Å²) >= 11 is 5.40. The van der Waals surface area contributed by atoms with Gasteiger partial charge in [0.15, 0.2) is 6.29 Å². The average molecular weight is 199 g/mol. The number of hydrogen-bond donors (Lipinski definition) is 0. The van der Waals surface area contributed by atoms with E-state index in [0.717, 1.165) is 0 Å². The van der Waals surface area contributed by atoms with Crippen LogP contribution in [0.5, 0.6) is 0 Å². The van der Waals surface area contributed by atoms with Crippen molar-refractivity contribution in [2.24, 2.45) is 0 Å². The molecule has 0 amide bonds. The lowest BCUT2D eigenvalue weighted by atomic mass is 10.1. The Hall–Kier alpha value is -1.15. The first-order valence-corrected chi connectivity index (χ1v) is 4.29. The summed E-state index contributed by atoms with van der Waals surface area (Å²) in [6, 6.07) is 4.65. The summed E-state index contributed by atoms with van der Waals surface area (Å²) in [5.74, 6) is -0.177. The fraction of sp³-hybridized carbons (Fsp3) is 0.100. The Morgan fingerprint density at radius 3 is 2.69 bits per heavy atom. The largest absolute Gasteiger partial charge is 0.298 e. The molecule has 0 aliphatic carbocycles. The summed E-state index contributed by atoms with van der Waals surface area (Å²) in [7, 11) is 0. The molecule has 0 N–H and O–H groups in total. The molecule has 0 aliphatic rings. The molecule has 0 fully saturated rings. The van der Waals surface area contributed by atoms with Crippen molar-refractivity contribution in [3.8, 4) is 0 Å². The maximum atomic E-state index is 13.3. The third-order valence-electron chi connectivity index (χ3n) is 1.57. The summed E-state index contributed by atoms with van der Waals surface area (Å²) in [6.45, 7) is 0. The highest BCUT2D eigenvalue weighted by Gasteiger charge is 2.03. The van der Waals surface area contributed by atoms with Crippen molar-refractivity contribution >= 4 is 24.0 Å². The SMILES string of the molecule is O=Cc1cccc(C=CCCl)c1F. The molecular formula is C10H8ClFO. The molecule has 0 aliphatic heterocycles. The minimum atomic E-state index is -0.501. The van der Waals surface area contributed by atoms with Gasteiger partial charge in [-0.25, -0.2) is 4.39 Å². The first-order valence-electron chi connectivity index (χ1n) is 3.75. The Balaban J connectivity index is 3.08. The lowest BCUT2D eigenvalue weighted by molar-refractivity contribution is 0.112. The van der Waals surface area contributed by atoms with Crippen LogP contribution in [-0.4, -0.2) is 12.2 Å². The predicted molar refractivity (Wildman–Crippen MR) is 51.5 cm³/mol. The zero-order valence-corrected chi connectivity index (χ0v) is 7.59. The van der Waals surface area contributed by atoms with Gasteiger partial charge in [-0.15, -0.1) is 11.6 Å². The van der Waals surface area contributed by atoms with Crippen LogP contribution in [0.3, 0.4) is 0 Å². The van der Waals surface area contributed by atoms with Crippen molar-refractivity contribution in [1.82, 2.24) is 0 Å². The lowest BCUT2D eigenvalue weighted by Gasteiger charge is -1.98. The Kier molecular flexibility index (Phi) is 3.65. The molecule has 68 valence electrons. The molecule has 1 aromatic carbocycles. The quantitative estimate of drug-likeness (QED) is 0.539. The number of alkyl halides is 1. The fourth-order valence-electron chi connectivity index (χ4n) is 0.960. The number of rotatable bonds is 3. The average Bonchev–Trinajstić information content (AvgIpc) is 2.16. The van der Waals surface area contributed by atoms with Crippen molar-refractivity contribution in [1.29, 1.82) is 0 Å². The molecule has 0 saturated heterocycles. The second-order valence-corrected chi connectivity index (χ2v) is 2.73. The van der Waals surface area contributed by atoms with Crippen LogP contribution in [0.4, 0.5) is 4.39 Å². The molecule has 1 nitrogen and oxygen atoms in total. The van der Waals surface area contributed by atoms with Gasteiger partial charge < -0.3 is 0 Å². The molecule has 0 unspecified atom stereocenters. The summed E-state index contributed by atoms with van der Waals surface area (Å²) in [5.41, 5.74) is 0.446. The van der Waals surface area contributed by atoms with E-state index in [9.17, 15) is 9.18 Å². The number of carbonyl (C=O) groups is 1. The van der Waals surface area contributed by atoms with E-state index in [1.54, 1.807) is 24.3 Å². The van der Waals surface area contributed by atoms with Crippen LogP contribution in [0.2, 0.25) is 0 Å². The van der Waals surface area contributed by atoms with E-state index in [-0.39, 0.29) is 5.56 Å². The molecule has 1 rings (SSSR count). The maximum absolute atomic E-state index is 13.3. The molecule has 0 heterocycles. The van der Waals surface area contributed by atoms with Crippen molar-refractivity contribution in [3.05, 3.63) is 41.2 Å². The summed E-state index contributed by atoms with van der Waals surface area (Å²) in [4.78, 5) is 10.4. The Morgan fingerprint density at radius 2 is 2.08 bits per heavy atom. The van der Waals surface area contributed by atoms with E-state index in [0.29, 0.717) is 17.7 Å². The Morgan fingerprint density at radius 1 is 1.38 bits per heavy atom. The van der Waals surface area contributed by atoms with Gasteiger partial charge in [-0.3, -0.25) is 4.79 Å². The van der Waals surface area contributed by atoms with Crippen LogP contribution in [0.1, 0.15) is 15.9 Å². The number of hydrogen-bond acceptors (Lipinski definition) is 1. The van der Waals surface area contributed by atoms with Gasteiger partial charge in [-0.2, -0.15) is 0 Å². The lowest BCUT2D eigenvalue weighted by Crippen LogP contribution is -1.90. The first kappa shape index (κ1) is 9.93. The van der Waals surface area contributed by atoms with Crippen LogP contribution >= 0.6 is 11.6 Å². The standard InChI is InChI=1S/C10H8ClFO/c11-6-2-5-8-3-1-4-9(7-13)10(8)12/h1-5,7H,6H2. The van der Waals surface area contributed by atoms with Gasteiger partial charge in [0.05, 0.1) is 5.56 Å². The summed E-state index contributed by atoms with van der Waals surface area (Å²) in [5, 5.41) is 0. The fourth-order valence-corrected chi connectivity index (χ4v) is 1.05. The smallest absolute Gasteiger partial charge is 0.153 e. The number of allylic oxidation sites excluding steroid dienone is 1. The summed E-state index contributed by atoms with van der Waals surface area (Å²) in [6.07, 6.45) is 3.66. The molecule has 0 bridgehead atoms. The van der Waals surface area contributed by atoms with E-state index in [4.69, 9.17) is 11.6 Å². The molecule has 1 aromatic rings. The van der Waals surface area contributed by atoms with Gasteiger partial charge in [0.25, 0.3) is 0 Å². The van der Waals surface area contributed by atoms with E-state index >= 15 is 0 Å². The van der Waals surface area contributed by atoms with Gasteiger partial charge in [-0.05, 0) is 6.07 Å². The summed E-state index contributed by atoms with van der Waals surface area (Å²) < 4.78 is 13.3. The molecule has 0 saturated carbocycles.